The average molecular weight is 343 g/mol. The Morgan fingerprint density at radius 3 is 3.00 bits per heavy atom. The SMILES string of the molecule is CCC(NC(=O)NCCCn1cnc2ccccc21)c1nccs1. The van der Waals surface area contributed by atoms with Crippen LogP contribution >= 0.6 is 11.3 Å². The van der Waals surface area contributed by atoms with Crippen molar-refractivity contribution in [2.24, 2.45) is 0 Å². The molecule has 24 heavy (non-hydrogen) atoms. The number of imidazole rings is 1. The molecule has 2 heterocycles. The molecule has 126 valence electrons. The lowest BCUT2D eigenvalue weighted by Crippen LogP contribution is -2.38. The number of hydrogen-bond donors (Lipinski definition) is 2. The Labute approximate surface area is 144 Å². The molecule has 2 amide bonds. The van der Waals surface area contributed by atoms with E-state index in [0.29, 0.717) is 6.54 Å². The number of fused-ring (bicyclic) bond motifs is 1. The van der Waals surface area contributed by atoms with Crippen LogP contribution in [0.1, 0.15) is 30.8 Å². The Kier molecular flexibility index (Phi) is 5.43. The molecule has 3 rings (SSSR count). The monoisotopic (exact) mass is 343 g/mol. The number of nitrogens with one attached hydrogen (secondary N) is 2. The second kappa shape index (κ2) is 7.92. The van der Waals surface area contributed by atoms with E-state index in [1.807, 2.05) is 36.8 Å². The molecule has 1 aromatic carbocycles. The van der Waals surface area contributed by atoms with Crippen LogP contribution in [0.15, 0.2) is 42.2 Å². The number of hydrogen-bond acceptors (Lipinski definition) is 4. The van der Waals surface area contributed by atoms with E-state index in [4.69, 9.17) is 0 Å². The van der Waals surface area contributed by atoms with Crippen LogP contribution in [0.4, 0.5) is 4.79 Å². The highest BCUT2D eigenvalue weighted by molar-refractivity contribution is 7.09. The minimum Gasteiger partial charge on any atom is -0.338 e. The van der Waals surface area contributed by atoms with Crippen molar-refractivity contribution in [3.8, 4) is 0 Å². The summed E-state index contributed by atoms with van der Waals surface area (Å²) in [4.78, 5) is 20.7. The first-order valence-corrected chi connectivity index (χ1v) is 8.99. The van der Waals surface area contributed by atoms with Crippen LogP contribution in [0.25, 0.3) is 11.0 Å². The lowest BCUT2D eigenvalue weighted by Gasteiger charge is -2.15. The summed E-state index contributed by atoms with van der Waals surface area (Å²) >= 11 is 1.56. The Bertz CT molecular complexity index is 783. The maximum atomic E-state index is 12.0. The van der Waals surface area contributed by atoms with Gasteiger partial charge in [-0.05, 0) is 25.0 Å². The lowest BCUT2D eigenvalue weighted by atomic mass is 10.2. The predicted molar refractivity (Wildman–Crippen MR) is 96.0 cm³/mol. The van der Waals surface area contributed by atoms with Crippen LogP contribution in [0.5, 0.6) is 0 Å². The van der Waals surface area contributed by atoms with E-state index < -0.39 is 0 Å². The van der Waals surface area contributed by atoms with Gasteiger partial charge in [0.05, 0.1) is 23.4 Å². The Balaban J connectivity index is 1.44. The zero-order valence-electron chi connectivity index (χ0n) is 13.6. The minimum absolute atomic E-state index is 0.0254. The molecular weight excluding hydrogens is 322 g/mol. The average Bonchev–Trinajstić information content (AvgIpc) is 3.26. The van der Waals surface area contributed by atoms with E-state index >= 15 is 0 Å². The molecule has 0 aliphatic heterocycles. The third-order valence-corrected chi connectivity index (χ3v) is 4.74. The van der Waals surface area contributed by atoms with Gasteiger partial charge in [-0.2, -0.15) is 0 Å². The largest absolute Gasteiger partial charge is 0.338 e. The fourth-order valence-electron chi connectivity index (χ4n) is 2.59. The Hall–Kier alpha value is -2.41. The van der Waals surface area contributed by atoms with Crippen molar-refractivity contribution in [1.29, 1.82) is 0 Å². The van der Waals surface area contributed by atoms with E-state index in [0.717, 1.165) is 35.4 Å². The van der Waals surface area contributed by atoms with Crippen LogP contribution in [-0.2, 0) is 6.54 Å². The molecule has 2 aromatic heterocycles. The highest BCUT2D eigenvalue weighted by Crippen LogP contribution is 2.18. The van der Waals surface area contributed by atoms with Crippen molar-refractivity contribution in [1.82, 2.24) is 25.2 Å². The number of nitrogens with zero attached hydrogens (tertiary/aromatic N) is 3. The van der Waals surface area contributed by atoms with Gasteiger partial charge in [-0.3, -0.25) is 0 Å². The summed E-state index contributed by atoms with van der Waals surface area (Å²) in [6.07, 6.45) is 5.28. The first-order valence-electron chi connectivity index (χ1n) is 8.11. The first-order chi connectivity index (χ1) is 11.8. The van der Waals surface area contributed by atoms with E-state index in [-0.39, 0.29) is 12.1 Å². The number of amides is 2. The molecule has 0 spiro atoms. The van der Waals surface area contributed by atoms with Crippen LogP contribution in [0.2, 0.25) is 0 Å². The molecule has 0 saturated carbocycles. The molecule has 7 heteroatoms. The summed E-state index contributed by atoms with van der Waals surface area (Å²) in [5, 5.41) is 8.75. The molecule has 3 aromatic rings. The van der Waals surface area contributed by atoms with Crippen molar-refractivity contribution >= 4 is 28.4 Å². The molecule has 6 nitrogen and oxygen atoms in total. The number of thiazole rings is 1. The summed E-state index contributed by atoms with van der Waals surface area (Å²) in [7, 11) is 0. The van der Waals surface area contributed by atoms with E-state index in [2.05, 4.69) is 31.2 Å². The highest BCUT2D eigenvalue weighted by atomic mass is 32.1. The van der Waals surface area contributed by atoms with E-state index in [9.17, 15) is 4.79 Å². The molecule has 1 unspecified atom stereocenters. The van der Waals surface area contributed by atoms with Crippen molar-refractivity contribution in [3.05, 3.63) is 47.2 Å². The van der Waals surface area contributed by atoms with Crippen molar-refractivity contribution in [3.63, 3.8) is 0 Å². The van der Waals surface area contributed by atoms with Crippen LogP contribution in [0, 0.1) is 0 Å². The fourth-order valence-corrected chi connectivity index (χ4v) is 3.37. The van der Waals surface area contributed by atoms with Gasteiger partial charge < -0.3 is 15.2 Å². The van der Waals surface area contributed by atoms with Gasteiger partial charge in [-0.25, -0.2) is 14.8 Å². The van der Waals surface area contributed by atoms with Gasteiger partial charge in [0.1, 0.15) is 5.01 Å². The minimum atomic E-state index is -0.146. The van der Waals surface area contributed by atoms with Crippen molar-refractivity contribution < 1.29 is 4.79 Å². The number of carbonyl (C=O) groups is 1. The topological polar surface area (TPSA) is 71.8 Å². The Morgan fingerprint density at radius 1 is 1.33 bits per heavy atom. The molecule has 0 aliphatic rings. The first kappa shape index (κ1) is 16.4. The quantitative estimate of drug-likeness (QED) is 0.646. The zero-order chi connectivity index (χ0) is 16.8. The predicted octanol–water partition coefficient (Wildman–Crippen LogP) is 3.33. The summed E-state index contributed by atoms with van der Waals surface area (Å²) in [6, 6.07) is 7.88. The van der Waals surface area contributed by atoms with Crippen LogP contribution in [-0.4, -0.2) is 27.1 Å². The smallest absolute Gasteiger partial charge is 0.315 e. The second-order valence-corrected chi connectivity index (χ2v) is 6.44. The maximum Gasteiger partial charge on any atom is 0.315 e. The van der Waals surface area contributed by atoms with Gasteiger partial charge in [0.15, 0.2) is 0 Å². The molecule has 0 bridgehead atoms. The molecule has 0 saturated heterocycles. The third kappa shape index (κ3) is 3.91. The van der Waals surface area contributed by atoms with Gasteiger partial charge >= 0.3 is 6.03 Å². The van der Waals surface area contributed by atoms with E-state index in [1.54, 1.807) is 17.5 Å². The van der Waals surface area contributed by atoms with Crippen LogP contribution in [0.3, 0.4) is 0 Å². The van der Waals surface area contributed by atoms with Gasteiger partial charge in [0, 0.05) is 24.7 Å². The highest BCUT2D eigenvalue weighted by Gasteiger charge is 2.14. The molecule has 0 aliphatic carbocycles. The third-order valence-electron chi connectivity index (χ3n) is 3.85. The molecule has 1 atom stereocenters. The van der Waals surface area contributed by atoms with Crippen molar-refractivity contribution in [2.75, 3.05) is 6.54 Å². The molecular formula is C17H21N5OS. The lowest BCUT2D eigenvalue weighted by molar-refractivity contribution is 0.236. The van der Waals surface area contributed by atoms with Gasteiger partial charge in [0.25, 0.3) is 0 Å². The summed E-state index contributed by atoms with van der Waals surface area (Å²) in [5.41, 5.74) is 2.12. The number of urea groups is 1. The van der Waals surface area contributed by atoms with Crippen LogP contribution < -0.4 is 10.6 Å². The number of aromatic nitrogens is 3. The summed E-state index contributed by atoms with van der Waals surface area (Å²) in [6.45, 7) is 3.48. The molecule has 0 radical (unpaired) electrons. The maximum absolute atomic E-state index is 12.0. The molecule has 2 N–H and O–H groups in total. The van der Waals surface area contributed by atoms with Gasteiger partial charge in [0.2, 0.25) is 0 Å². The fraction of sp³-hybridized carbons (Fsp3) is 0.353. The normalized spacial score (nSPS) is 12.2. The zero-order valence-corrected chi connectivity index (χ0v) is 14.4. The van der Waals surface area contributed by atoms with Gasteiger partial charge in [-0.15, -0.1) is 11.3 Å². The molecule has 0 fully saturated rings. The standard InChI is InChI=1S/C17H21N5OS/c1-2-13(16-18-9-11-24-16)21-17(23)19-8-5-10-22-12-20-14-6-3-4-7-15(14)22/h3-4,6-7,9,11-13H,2,5,8,10H2,1H3,(H2,19,21,23). The number of benzene rings is 1. The number of rotatable bonds is 7. The number of para-hydroxylation sites is 2. The number of carbonyl (C=O) groups excluding carboxylic acids is 1. The second-order valence-electron chi connectivity index (χ2n) is 5.51. The summed E-state index contributed by atoms with van der Waals surface area (Å²) < 4.78 is 2.11. The number of aryl methyl sites for hydroxylation is 1. The van der Waals surface area contributed by atoms with Gasteiger partial charge in [-0.1, -0.05) is 19.1 Å². The Morgan fingerprint density at radius 2 is 2.21 bits per heavy atom. The summed E-state index contributed by atoms with van der Waals surface area (Å²) in [5.74, 6) is 0. The van der Waals surface area contributed by atoms with E-state index in [1.165, 1.54) is 0 Å². The van der Waals surface area contributed by atoms with Crippen molar-refractivity contribution in [2.45, 2.75) is 32.4 Å².